The first-order chi connectivity index (χ1) is 5.41. The van der Waals surface area contributed by atoms with Crippen molar-refractivity contribution in [2.45, 2.75) is 53.1 Å². The van der Waals surface area contributed by atoms with E-state index in [1.165, 1.54) is 12.8 Å². The lowest BCUT2D eigenvalue weighted by Crippen LogP contribution is -2.36. The molecule has 12 heavy (non-hydrogen) atoms. The van der Waals surface area contributed by atoms with E-state index in [1.54, 1.807) is 0 Å². The van der Waals surface area contributed by atoms with Crippen LogP contribution in [0, 0.1) is 17.3 Å². The Labute approximate surface area is 76.2 Å². The molecule has 1 aliphatic rings. The Bertz CT molecular complexity index is 146. The van der Waals surface area contributed by atoms with E-state index in [4.69, 9.17) is 0 Å². The third-order valence-corrected chi connectivity index (χ3v) is 3.19. The van der Waals surface area contributed by atoms with Crippen molar-refractivity contribution < 1.29 is 5.11 Å². The minimum atomic E-state index is -0.0613. The van der Waals surface area contributed by atoms with E-state index in [1.807, 2.05) is 0 Å². The van der Waals surface area contributed by atoms with Gasteiger partial charge in [0, 0.05) is 0 Å². The molecule has 3 atom stereocenters. The molecule has 1 heteroatoms. The average molecular weight is 170 g/mol. The van der Waals surface area contributed by atoms with Gasteiger partial charge in [0.05, 0.1) is 6.10 Å². The molecule has 1 saturated carbocycles. The van der Waals surface area contributed by atoms with Crippen LogP contribution in [-0.2, 0) is 0 Å². The van der Waals surface area contributed by atoms with Crippen LogP contribution in [0.5, 0.6) is 0 Å². The van der Waals surface area contributed by atoms with Crippen molar-refractivity contribution in [3.8, 4) is 0 Å². The quantitative estimate of drug-likeness (QED) is 0.592. The lowest BCUT2D eigenvalue weighted by molar-refractivity contribution is -0.00549. The molecule has 0 spiro atoms. The average Bonchev–Trinajstić information content (AvgIpc) is 1.83. The normalized spacial score (nSPS) is 38.2. The van der Waals surface area contributed by atoms with Gasteiger partial charge in [-0.05, 0) is 30.1 Å². The summed E-state index contributed by atoms with van der Waals surface area (Å²) in [6.07, 6.45) is 3.43. The molecule has 1 N–H and O–H groups in total. The van der Waals surface area contributed by atoms with Gasteiger partial charge in [-0.15, -0.1) is 0 Å². The van der Waals surface area contributed by atoms with Crippen molar-refractivity contribution in [2.75, 3.05) is 0 Å². The Morgan fingerprint density at radius 2 is 1.75 bits per heavy atom. The molecule has 1 fully saturated rings. The fraction of sp³-hybridized carbons (Fsp3) is 1.00. The lowest BCUT2D eigenvalue weighted by atomic mass is 9.68. The largest absolute Gasteiger partial charge is 0.393 e. The van der Waals surface area contributed by atoms with Crippen LogP contribution in [0.25, 0.3) is 0 Å². The van der Waals surface area contributed by atoms with Gasteiger partial charge in [-0.1, -0.05) is 34.1 Å². The van der Waals surface area contributed by atoms with Crippen molar-refractivity contribution in [3.05, 3.63) is 0 Å². The molecule has 72 valence electrons. The molecule has 0 aromatic carbocycles. The van der Waals surface area contributed by atoms with Crippen LogP contribution in [0.3, 0.4) is 0 Å². The zero-order valence-corrected chi connectivity index (χ0v) is 8.80. The molecule has 1 rings (SSSR count). The summed E-state index contributed by atoms with van der Waals surface area (Å²) >= 11 is 0. The van der Waals surface area contributed by atoms with Gasteiger partial charge in [-0.2, -0.15) is 0 Å². The van der Waals surface area contributed by atoms with E-state index >= 15 is 0 Å². The number of aliphatic hydroxyl groups is 1. The van der Waals surface area contributed by atoms with Crippen LogP contribution < -0.4 is 0 Å². The molecule has 0 aromatic heterocycles. The fourth-order valence-corrected chi connectivity index (χ4v) is 2.36. The number of hydrogen-bond donors (Lipinski definition) is 1. The fourth-order valence-electron chi connectivity index (χ4n) is 2.36. The maximum absolute atomic E-state index is 9.87. The van der Waals surface area contributed by atoms with E-state index in [0.29, 0.717) is 5.92 Å². The highest BCUT2D eigenvalue weighted by molar-refractivity contribution is 4.85. The SMILES string of the molecule is C[C@H]1CCC(C(C)(C)C)C(O)C1. The molecule has 0 aliphatic heterocycles. The second-order valence-electron chi connectivity index (χ2n) is 5.46. The van der Waals surface area contributed by atoms with Crippen LogP contribution in [0.4, 0.5) is 0 Å². The van der Waals surface area contributed by atoms with E-state index < -0.39 is 0 Å². The Morgan fingerprint density at radius 3 is 2.17 bits per heavy atom. The monoisotopic (exact) mass is 170 g/mol. The summed E-state index contributed by atoms with van der Waals surface area (Å²) < 4.78 is 0. The molecular formula is C11H22O. The molecule has 0 heterocycles. The molecule has 1 nitrogen and oxygen atoms in total. The first-order valence-electron chi connectivity index (χ1n) is 5.09. The second kappa shape index (κ2) is 3.37. The smallest absolute Gasteiger partial charge is 0.0575 e. The summed E-state index contributed by atoms with van der Waals surface area (Å²) in [5.74, 6) is 1.23. The molecule has 0 saturated heterocycles. The van der Waals surface area contributed by atoms with Gasteiger partial charge in [0.2, 0.25) is 0 Å². The molecule has 0 bridgehead atoms. The highest BCUT2D eigenvalue weighted by Gasteiger charge is 2.34. The molecule has 0 aromatic rings. The van der Waals surface area contributed by atoms with Crippen molar-refractivity contribution in [1.82, 2.24) is 0 Å². The van der Waals surface area contributed by atoms with Crippen LogP contribution >= 0.6 is 0 Å². The lowest BCUT2D eigenvalue weighted by Gasteiger charge is -2.39. The van der Waals surface area contributed by atoms with Gasteiger partial charge in [0.15, 0.2) is 0 Å². The highest BCUT2D eigenvalue weighted by Crippen LogP contribution is 2.39. The Morgan fingerprint density at radius 1 is 1.17 bits per heavy atom. The van der Waals surface area contributed by atoms with Crippen LogP contribution in [0.1, 0.15) is 47.0 Å². The summed E-state index contributed by atoms with van der Waals surface area (Å²) in [4.78, 5) is 0. The third kappa shape index (κ3) is 2.22. The molecule has 0 radical (unpaired) electrons. The minimum Gasteiger partial charge on any atom is -0.393 e. The molecular weight excluding hydrogens is 148 g/mol. The van der Waals surface area contributed by atoms with Gasteiger partial charge in [0.1, 0.15) is 0 Å². The van der Waals surface area contributed by atoms with Crippen LogP contribution in [-0.4, -0.2) is 11.2 Å². The molecule has 1 aliphatic carbocycles. The zero-order valence-electron chi connectivity index (χ0n) is 8.80. The highest BCUT2D eigenvalue weighted by atomic mass is 16.3. The summed E-state index contributed by atoms with van der Waals surface area (Å²) in [5, 5.41) is 9.87. The van der Waals surface area contributed by atoms with Crippen LogP contribution in [0.15, 0.2) is 0 Å². The van der Waals surface area contributed by atoms with Gasteiger partial charge in [-0.3, -0.25) is 0 Å². The van der Waals surface area contributed by atoms with E-state index in [9.17, 15) is 5.11 Å². The van der Waals surface area contributed by atoms with Crippen molar-refractivity contribution in [2.24, 2.45) is 17.3 Å². The number of rotatable bonds is 0. The van der Waals surface area contributed by atoms with Crippen molar-refractivity contribution in [3.63, 3.8) is 0 Å². The maximum Gasteiger partial charge on any atom is 0.0575 e. The van der Waals surface area contributed by atoms with Gasteiger partial charge in [0.25, 0.3) is 0 Å². The van der Waals surface area contributed by atoms with Crippen LogP contribution in [0.2, 0.25) is 0 Å². The van der Waals surface area contributed by atoms with Crippen molar-refractivity contribution >= 4 is 0 Å². The Kier molecular flexibility index (Phi) is 2.82. The van der Waals surface area contributed by atoms with Gasteiger partial charge >= 0.3 is 0 Å². The predicted molar refractivity (Wildman–Crippen MR) is 52.0 cm³/mol. The summed E-state index contributed by atoms with van der Waals surface area (Å²) in [6, 6.07) is 0. The molecule has 0 amide bonds. The summed E-state index contributed by atoms with van der Waals surface area (Å²) in [6.45, 7) is 8.94. The topological polar surface area (TPSA) is 20.2 Å². The van der Waals surface area contributed by atoms with Gasteiger partial charge in [-0.25, -0.2) is 0 Å². The van der Waals surface area contributed by atoms with E-state index in [0.717, 1.165) is 12.3 Å². The summed E-state index contributed by atoms with van der Waals surface area (Å²) in [5.41, 5.74) is 0.277. The van der Waals surface area contributed by atoms with Crippen molar-refractivity contribution in [1.29, 1.82) is 0 Å². The van der Waals surface area contributed by atoms with E-state index in [2.05, 4.69) is 27.7 Å². The maximum atomic E-state index is 9.87. The number of aliphatic hydroxyl groups excluding tert-OH is 1. The standard InChI is InChI=1S/C11H22O/c1-8-5-6-9(10(12)7-8)11(2,3)4/h8-10,12H,5-7H2,1-4H3/t8-,9?,10?/m0/s1. The second-order valence-corrected chi connectivity index (χ2v) is 5.46. The molecule has 2 unspecified atom stereocenters. The minimum absolute atomic E-state index is 0.0613. The third-order valence-electron chi connectivity index (χ3n) is 3.19. The Hall–Kier alpha value is -0.0400. The summed E-state index contributed by atoms with van der Waals surface area (Å²) in [7, 11) is 0. The zero-order chi connectivity index (χ0) is 9.35. The number of hydrogen-bond acceptors (Lipinski definition) is 1. The van der Waals surface area contributed by atoms with E-state index in [-0.39, 0.29) is 11.5 Å². The Balaban J connectivity index is 2.57. The first-order valence-corrected chi connectivity index (χ1v) is 5.09. The first kappa shape index (κ1) is 10.0. The predicted octanol–water partition coefficient (Wildman–Crippen LogP) is 2.83. The van der Waals surface area contributed by atoms with Gasteiger partial charge < -0.3 is 5.11 Å².